The zero-order chi connectivity index (χ0) is 12.8. The molecule has 2 rings (SSSR count). The van der Waals surface area contributed by atoms with Crippen LogP contribution < -0.4 is 0 Å². The maximum Gasteiger partial charge on any atom is 0.0991 e. The molecule has 0 saturated heterocycles. The lowest BCUT2D eigenvalue weighted by Gasteiger charge is -1.94. The Labute approximate surface area is 107 Å². The van der Waals surface area contributed by atoms with Crippen molar-refractivity contribution in [2.45, 2.75) is 19.9 Å². The van der Waals surface area contributed by atoms with Crippen LogP contribution in [0.1, 0.15) is 30.2 Å². The Morgan fingerprint density at radius 3 is 3.06 bits per heavy atom. The van der Waals surface area contributed by atoms with Crippen LogP contribution >= 0.6 is 0 Å². The van der Waals surface area contributed by atoms with E-state index in [1.54, 1.807) is 6.07 Å². The maximum atomic E-state index is 8.82. The normalized spacial score (nSPS) is 10.7. The highest BCUT2D eigenvalue weighted by Gasteiger charge is 1.95. The highest BCUT2D eigenvalue weighted by atomic mass is 15.0. The molecule has 18 heavy (non-hydrogen) atoms. The van der Waals surface area contributed by atoms with Gasteiger partial charge in [0.2, 0.25) is 0 Å². The number of aryl methyl sites for hydroxylation is 1. The van der Waals surface area contributed by atoms with Crippen LogP contribution in [-0.4, -0.2) is 9.55 Å². The summed E-state index contributed by atoms with van der Waals surface area (Å²) in [7, 11) is 0. The average molecular weight is 237 g/mol. The molecular formula is C15H15N3. The zero-order valence-electron chi connectivity index (χ0n) is 10.4. The Kier molecular flexibility index (Phi) is 3.93. The molecule has 3 nitrogen and oxygen atoms in total. The van der Waals surface area contributed by atoms with Crippen LogP contribution in [-0.2, 0) is 6.54 Å². The number of benzene rings is 1. The van der Waals surface area contributed by atoms with Crippen molar-refractivity contribution in [1.29, 1.82) is 5.26 Å². The van der Waals surface area contributed by atoms with Gasteiger partial charge in [-0.25, -0.2) is 4.98 Å². The Hall–Kier alpha value is -2.34. The van der Waals surface area contributed by atoms with Gasteiger partial charge in [-0.15, -0.1) is 0 Å². The lowest BCUT2D eigenvalue weighted by atomic mass is 10.1. The summed E-state index contributed by atoms with van der Waals surface area (Å²) in [6, 6.07) is 9.65. The van der Waals surface area contributed by atoms with Gasteiger partial charge in [0.25, 0.3) is 0 Å². The van der Waals surface area contributed by atoms with E-state index in [1.807, 2.05) is 42.9 Å². The monoisotopic (exact) mass is 237 g/mol. The predicted molar refractivity (Wildman–Crippen MR) is 72.6 cm³/mol. The molecule has 0 unspecified atom stereocenters. The predicted octanol–water partition coefficient (Wildman–Crippen LogP) is 3.34. The first-order chi connectivity index (χ1) is 8.81. The molecule has 1 aromatic carbocycles. The largest absolute Gasteiger partial charge is 0.337 e. The van der Waals surface area contributed by atoms with Gasteiger partial charge in [0.05, 0.1) is 23.7 Å². The van der Waals surface area contributed by atoms with E-state index in [-0.39, 0.29) is 0 Å². The van der Waals surface area contributed by atoms with Crippen molar-refractivity contribution >= 4 is 12.2 Å². The fourth-order valence-corrected chi connectivity index (χ4v) is 1.74. The second-order valence-electron chi connectivity index (χ2n) is 4.11. The fraction of sp³-hybridized carbons (Fsp3) is 0.200. The summed E-state index contributed by atoms with van der Waals surface area (Å²) in [4.78, 5) is 4.30. The van der Waals surface area contributed by atoms with Gasteiger partial charge in [-0.1, -0.05) is 25.1 Å². The molecule has 90 valence electrons. The first-order valence-corrected chi connectivity index (χ1v) is 6.02. The molecule has 1 heterocycles. The van der Waals surface area contributed by atoms with Crippen molar-refractivity contribution in [3.8, 4) is 6.07 Å². The van der Waals surface area contributed by atoms with Gasteiger partial charge >= 0.3 is 0 Å². The molecule has 0 fully saturated rings. The van der Waals surface area contributed by atoms with E-state index in [0.29, 0.717) is 5.56 Å². The number of nitrogens with zero attached hydrogens (tertiary/aromatic N) is 3. The number of hydrogen-bond acceptors (Lipinski definition) is 2. The van der Waals surface area contributed by atoms with Crippen LogP contribution in [0.3, 0.4) is 0 Å². The Morgan fingerprint density at radius 2 is 2.28 bits per heavy atom. The quantitative estimate of drug-likeness (QED) is 0.818. The van der Waals surface area contributed by atoms with Crippen molar-refractivity contribution in [2.75, 3.05) is 0 Å². The van der Waals surface area contributed by atoms with Crippen molar-refractivity contribution in [3.05, 3.63) is 53.6 Å². The van der Waals surface area contributed by atoms with Gasteiger partial charge in [-0.2, -0.15) is 5.26 Å². The SMILES string of the molecule is CCCn1cnc(/C=C/c2cccc(C#N)c2)c1. The smallest absolute Gasteiger partial charge is 0.0991 e. The summed E-state index contributed by atoms with van der Waals surface area (Å²) in [5, 5.41) is 8.82. The highest BCUT2D eigenvalue weighted by Crippen LogP contribution is 2.09. The third-order valence-corrected chi connectivity index (χ3v) is 2.60. The van der Waals surface area contributed by atoms with E-state index in [0.717, 1.165) is 24.2 Å². The lowest BCUT2D eigenvalue weighted by Crippen LogP contribution is -1.90. The van der Waals surface area contributed by atoms with Crippen molar-refractivity contribution in [2.24, 2.45) is 0 Å². The van der Waals surface area contributed by atoms with E-state index in [2.05, 4.69) is 22.5 Å². The van der Waals surface area contributed by atoms with Gasteiger partial charge in [-0.3, -0.25) is 0 Å². The highest BCUT2D eigenvalue weighted by molar-refractivity contribution is 5.68. The summed E-state index contributed by atoms with van der Waals surface area (Å²) in [6.07, 6.45) is 8.90. The second kappa shape index (κ2) is 5.83. The fourth-order valence-electron chi connectivity index (χ4n) is 1.74. The summed E-state index contributed by atoms with van der Waals surface area (Å²) in [5.41, 5.74) is 2.62. The molecule has 0 aliphatic heterocycles. The Balaban J connectivity index is 2.11. The van der Waals surface area contributed by atoms with E-state index in [4.69, 9.17) is 5.26 Å². The van der Waals surface area contributed by atoms with Crippen LogP contribution in [0.25, 0.3) is 12.2 Å². The van der Waals surface area contributed by atoms with Gasteiger partial charge in [0, 0.05) is 12.7 Å². The summed E-state index contributed by atoms with van der Waals surface area (Å²) in [6.45, 7) is 3.13. The first-order valence-electron chi connectivity index (χ1n) is 6.02. The van der Waals surface area contributed by atoms with Gasteiger partial charge < -0.3 is 4.57 Å². The number of imidazole rings is 1. The summed E-state index contributed by atoms with van der Waals surface area (Å²) < 4.78 is 2.07. The summed E-state index contributed by atoms with van der Waals surface area (Å²) >= 11 is 0. The molecule has 0 radical (unpaired) electrons. The van der Waals surface area contributed by atoms with Crippen LogP contribution in [0.4, 0.5) is 0 Å². The molecule has 0 N–H and O–H groups in total. The number of nitriles is 1. The maximum absolute atomic E-state index is 8.82. The minimum absolute atomic E-state index is 0.675. The number of aromatic nitrogens is 2. The Bertz CT molecular complexity index is 588. The average Bonchev–Trinajstić information content (AvgIpc) is 2.85. The second-order valence-corrected chi connectivity index (χ2v) is 4.11. The van der Waals surface area contributed by atoms with Gasteiger partial charge in [0.15, 0.2) is 0 Å². The molecule has 0 bridgehead atoms. The van der Waals surface area contributed by atoms with Crippen molar-refractivity contribution < 1.29 is 0 Å². The lowest BCUT2D eigenvalue weighted by molar-refractivity contribution is 0.678. The molecule has 0 atom stereocenters. The van der Waals surface area contributed by atoms with E-state index in [1.165, 1.54) is 0 Å². The zero-order valence-corrected chi connectivity index (χ0v) is 10.4. The number of hydrogen-bond donors (Lipinski definition) is 0. The Morgan fingerprint density at radius 1 is 1.39 bits per heavy atom. The van der Waals surface area contributed by atoms with E-state index >= 15 is 0 Å². The molecule has 0 aliphatic rings. The van der Waals surface area contributed by atoms with Crippen LogP contribution in [0, 0.1) is 11.3 Å². The molecule has 3 heteroatoms. The minimum Gasteiger partial charge on any atom is -0.337 e. The number of rotatable bonds is 4. The molecule has 0 aliphatic carbocycles. The summed E-state index contributed by atoms with van der Waals surface area (Å²) in [5.74, 6) is 0. The molecule has 0 amide bonds. The third kappa shape index (κ3) is 3.08. The topological polar surface area (TPSA) is 41.6 Å². The van der Waals surface area contributed by atoms with Crippen LogP contribution in [0.2, 0.25) is 0 Å². The molecule has 0 saturated carbocycles. The van der Waals surface area contributed by atoms with Crippen molar-refractivity contribution in [1.82, 2.24) is 9.55 Å². The molecule has 1 aromatic heterocycles. The standard InChI is InChI=1S/C15H15N3/c1-2-8-18-11-15(17-12-18)7-6-13-4-3-5-14(9-13)10-16/h3-7,9,11-12H,2,8H2,1H3/b7-6+. The van der Waals surface area contributed by atoms with Gasteiger partial charge in [0.1, 0.15) is 0 Å². The molecular weight excluding hydrogens is 222 g/mol. The van der Waals surface area contributed by atoms with E-state index < -0.39 is 0 Å². The first kappa shape index (κ1) is 12.1. The molecule has 0 spiro atoms. The van der Waals surface area contributed by atoms with E-state index in [9.17, 15) is 0 Å². The third-order valence-electron chi connectivity index (χ3n) is 2.60. The van der Waals surface area contributed by atoms with Crippen LogP contribution in [0.5, 0.6) is 0 Å². The van der Waals surface area contributed by atoms with Gasteiger partial charge in [-0.05, 0) is 30.2 Å². The minimum atomic E-state index is 0.675. The van der Waals surface area contributed by atoms with Crippen molar-refractivity contribution in [3.63, 3.8) is 0 Å². The molecule has 2 aromatic rings. The van der Waals surface area contributed by atoms with Crippen LogP contribution in [0.15, 0.2) is 36.8 Å².